The lowest BCUT2D eigenvalue weighted by Gasteiger charge is -2.53. The fourth-order valence-corrected chi connectivity index (χ4v) is 8.63. The molecule has 2 amide bonds. The molecule has 1 aliphatic heterocycles. The van der Waals surface area contributed by atoms with Crippen LogP contribution in [-0.4, -0.2) is 32.6 Å². The Morgan fingerprint density at radius 3 is 2.67 bits per heavy atom. The highest BCUT2D eigenvalue weighted by Crippen LogP contribution is 2.62. The number of nitrogens with one attached hydrogen (secondary N) is 1. The van der Waals surface area contributed by atoms with E-state index < -0.39 is 4.87 Å². The number of hydrogen-bond acceptors (Lipinski definition) is 5. The lowest BCUT2D eigenvalue weighted by molar-refractivity contribution is -0.131. The van der Waals surface area contributed by atoms with Gasteiger partial charge in [0.25, 0.3) is 0 Å². The van der Waals surface area contributed by atoms with E-state index in [1.54, 1.807) is 11.9 Å². The fourth-order valence-electron chi connectivity index (χ4n) is 7.29. The van der Waals surface area contributed by atoms with E-state index in [4.69, 9.17) is 0 Å². The van der Waals surface area contributed by atoms with Crippen molar-refractivity contribution < 1.29 is 14.4 Å². The van der Waals surface area contributed by atoms with E-state index in [9.17, 15) is 14.4 Å². The van der Waals surface area contributed by atoms with Gasteiger partial charge in [-0.3, -0.25) is 14.4 Å². The van der Waals surface area contributed by atoms with Gasteiger partial charge in [0.2, 0.25) is 11.8 Å². The number of amides is 2. The maximum absolute atomic E-state index is 12.6. The van der Waals surface area contributed by atoms with Gasteiger partial charge in [-0.05, 0) is 74.7 Å². The van der Waals surface area contributed by atoms with E-state index in [0.717, 1.165) is 51.4 Å². The highest BCUT2D eigenvalue weighted by Gasteiger charge is 2.57. The zero-order chi connectivity index (χ0) is 21.3. The largest absolute Gasteiger partial charge is 0.304 e. The predicted octanol–water partition coefficient (Wildman–Crippen LogP) is 3.83. The van der Waals surface area contributed by atoms with Crippen LogP contribution in [-0.2, 0) is 14.4 Å². The quantitative estimate of drug-likeness (QED) is 0.594. The van der Waals surface area contributed by atoms with Crippen LogP contribution in [0.15, 0.2) is 16.8 Å². The molecule has 0 radical (unpaired) electrons. The Labute approximate surface area is 182 Å². The normalized spacial score (nSPS) is 42.2. The SMILES string of the molecule is CC(=O)NC1=NN(C(C)=O)[C@@]2(C=C3CC[C@@H]4[C@H](CC[C@]5(C)C(=O)CC[C@@H]45)[C@H]3CC2)S1. The summed E-state index contributed by atoms with van der Waals surface area (Å²) in [6.45, 7) is 5.24. The average Bonchev–Trinajstić information content (AvgIpc) is 3.18. The van der Waals surface area contributed by atoms with E-state index >= 15 is 0 Å². The molecule has 0 aromatic heterocycles. The standard InChI is InChI=1S/C23H31N3O3S/c1-13(27)24-21-25-26(14(2)28)23(30-21)11-9-16-15(12-23)4-5-18-17(16)8-10-22(3)19(18)6-7-20(22)29/h12,16-19H,4-11H2,1-3H3,(H,24,25,27)/t16-,17+,18+,19-,22-,23+/m0/s1. The molecule has 6 atom stereocenters. The molecule has 5 rings (SSSR count). The number of thioether (sulfide) groups is 1. The number of carbonyl (C=O) groups is 3. The van der Waals surface area contributed by atoms with Crippen molar-refractivity contribution >= 4 is 34.5 Å². The van der Waals surface area contributed by atoms with Crippen LogP contribution in [0.5, 0.6) is 0 Å². The minimum atomic E-state index is -0.505. The first-order valence-corrected chi connectivity index (χ1v) is 12.2. The Morgan fingerprint density at radius 2 is 1.93 bits per heavy atom. The van der Waals surface area contributed by atoms with Crippen molar-refractivity contribution in [1.82, 2.24) is 10.3 Å². The van der Waals surface area contributed by atoms with Crippen LogP contribution >= 0.6 is 11.8 Å². The number of nitrogens with zero attached hydrogens (tertiary/aromatic N) is 2. The molecule has 1 N–H and O–H groups in total. The number of hydrazone groups is 1. The van der Waals surface area contributed by atoms with Gasteiger partial charge in [-0.2, -0.15) is 0 Å². The summed E-state index contributed by atoms with van der Waals surface area (Å²) in [7, 11) is 0. The van der Waals surface area contributed by atoms with Gasteiger partial charge < -0.3 is 5.32 Å². The molecule has 0 aromatic rings. The van der Waals surface area contributed by atoms with E-state index in [1.165, 1.54) is 24.3 Å². The van der Waals surface area contributed by atoms with Gasteiger partial charge >= 0.3 is 0 Å². The van der Waals surface area contributed by atoms with E-state index in [1.807, 2.05) is 0 Å². The molecule has 4 aliphatic carbocycles. The van der Waals surface area contributed by atoms with Crippen molar-refractivity contribution in [2.75, 3.05) is 0 Å². The topological polar surface area (TPSA) is 78.8 Å². The third-order valence-corrected chi connectivity index (χ3v) is 9.81. The number of Topliss-reactive ketones (excluding diaryl/α,β-unsaturated/α-hetero) is 1. The second kappa shape index (κ2) is 6.94. The van der Waals surface area contributed by atoms with Crippen molar-refractivity contribution in [2.24, 2.45) is 34.2 Å². The highest BCUT2D eigenvalue weighted by molar-refractivity contribution is 8.15. The smallest absolute Gasteiger partial charge is 0.241 e. The third-order valence-electron chi connectivity index (χ3n) is 8.59. The van der Waals surface area contributed by atoms with Crippen molar-refractivity contribution in [1.29, 1.82) is 0 Å². The van der Waals surface area contributed by atoms with Crippen LogP contribution in [0, 0.1) is 29.1 Å². The van der Waals surface area contributed by atoms with Crippen LogP contribution in [0.3, 0.4) is 0 Å². The summed E-state index contributed by atoms with van der Waals surface area (Å²) in [5, 5.41) is 9.29. The van der Waals surface area contributed by atoms with Crippen molar-refractivity contribution in [3.8, 4) is 0 Å². The fraction of sp³-hybridized carbons (Fsp3) is 0.739. The average molecular weight is 430 g/mol. The van der Waals surface area contributed by atoms with Crippen molar-refractivity contribution in [3.63, 3.8) is 0 Å². The van der Waals surface area contributed by atoms with Gasteiger partial charge in [-0.25, -0.2) is 5.01 Å². The van der Waals surface area contributed by atoms with Gasteiger partial charge in [0.05, 0.1) is 0 Å². The highest BCUT2D eigenvalue weighted by atomic mass is 32.2. The summed E-state index contributed by atoms with van der Waals surface area (Å²) >= 11 is 1.50. The molecule has 0 bridgehead atoms. The summed E-state index contributed by atoms with van der Waals surface area (Å²) in [6.07, 6.45) is 10.4. The first-order valence-electron chi connectivity index (χ1n) is 11.3. The molecule has 1 heterocycles. The second-order valence-corrected chi connectivity index (χ2v) is 11.4. The summed E-state index contributed by atoms with van der Waals surface area (Å²) in [5.74, 6) is 2.69. The second-order valence-electron chi connectivity index (χ2n) is 10.1. The molecule has 0 saturated heterocycles. The van der Waals surface area contributed by atoms with Crippen LogP contribution < -0.4 is 5.32 Å². The molecule has 3 fully saturated rings. The van der Waals surface area contributed by atoms with E-state index in [2.05, 4.69) is 23.4 Å². The van der Waals surface area contributed by atoms with Gasteiger partial charge in [0.1, 0.15) is 10.7 Å². The summed E-state index contributed by atoms with van der Waals surface area (Å²) in [4.78, 5) is 36.0. The van der Waals surface area contributed by atoms with Crippen molar-refractivity contribution in [3.05, 3.63) is 11.6 Å². The lowest BCUT2D eigenvalue weighted by atomic mass is 9.52. The maximum Gasteiger partial charge on any atom is 0.241 e. The van der Waals surface area contributed by atoms with Crippen molar-refractivity contribution in [2.45, 2.75) is 77.0 Å². The summed E-state index contributed by atoms with van der Waals surface area (Å²) in [5.41, 5.74) is 1.39. The number of fused-ring (bicyclic) bond motifs is 5. The molecule has 1 spiro atoms. The minimum Gasteiger partial charge on any atom is -0.304 e. The Morgan fingerprint density at radius 1 is 1.13 bits per heavy atom. The summed E-state index contributed by atoms with van der Waals surface area (Å²) in [6, 6.07) is 0. The monoisotopic (exact) mass is 429 g/mol. The number of ketones is 1. The first-order chi connectivity index (χ1) is 14.2. The Balaban J connectivity index is 1.41. The zero-order valence-electron chi connectivity index (χ0n) is 18.1. The van der Waals surface area contributed by atoms with Crippen LogP contribution in [0.4, 0.5) is 0 Å². The molecule has 6 nitrogen and oxygen atoms in total. The first kappa shape index (κ1) is 20.3. The van der Waals surface area contributed by atoms with Gasteiger partial charge in [-0.15, -0.1) is 5.10 Å². The Hall–Kier alpha value is -1.63. The molecule has 5 aliphatic rings. The molecule has 30 heavy (non-hydrogen) atoms. The number of allylic oxidation sites excluding steroid dienone is 1. The molecule has 0 aromatic carbocycles. The lowest BCUT2D eigenvalue weighted by Crippen LogP contribution is -2.49. The molecule has 162 valence electrons. The molecule has 3 saturated carbocycles. The van der Waals surface area contributed by atoms with Crippen LogP contribution in [0.25, 0.3) is 0 Å². The molecule has 7 heteroatoms. The predicted molar refractivity (Wildman–Crippen MR) is 116 cm³/mol. The molecular weight excluding hydrogens is 398 g/mol. The van der Waals surface area contributed by atoms with E-state index in [0.29, 0.717) is 34.6 Å². The number of carbonyl (C=O) groups excluding carboxylic acids is 3. The van der Waals surface area contributed by atoms with E-state index in [-0.39, 0.29) is 17.2 Å². The van der Waals surface area contributed by atoms with Crippen LogP contribution in [0.1, 0.15) is 72.1 Å². The van der Waals surface area contributed by atoms with Crippen LogP contribution in [0.2, 0.25) is 0 Å². The zero-order valence-corrected chi connectivity index (χ0v) is 18.9. The molecular formula is C23H31N3O3S. The summed E-state index contributed by atoms with van der Waals surface area (Å²) < 4.78 is 0. The number of amidine groups is 1. The number of rotatable bonds is 0. The Bertz CT molecular complexity index is 883. The third kappa shape index (κ3) is 2.91. The molecule has 0 unspecified atom stereocenters. The Kier molecular flexibility index (Phi) is 4.69. The number of hydrogen-bond donors (Lipinski definition) is 1. The van der Waals surface area contributed by atoms with Gasteiger partial charge in [0.15, 0.2) is 5.17 Å². The maximum atomic E-state index is 12.6. The van der Waals surface area contributed by atoms with Gasteiger partial charge in [-0.1, -0.05) is 24.3 Å². The minimum absolute atomic E-state index is 0.0773. The van der Waals surface area contributed by atoms with Gasteiger partial charge in [0, 0.05) is 25.7 Å².